The molecular weight excluding hydrogens is 641 g/mol. The summed E-state index contributed by atoms with van der Waals surface area (Å²) in [4.78, 5) is 10.0. The lowest BCUT2D eigenvalue weighted by atomic mass is 9.74. The van der Waals surface area contributed by atoms with E-state index >= 15 is 0 Å². The highest BCUT2D eigenvalue weighted by Crippen LogP contribution is 2.41. The molecule has 0 bridgehead atoms. The Kier molecular flexibility index (Phi) is 11.3. The molecule has 6 aromatic carbocycles. The van der Waals surface area contributed by atoms with Gasteiger partial charge in [-0.2, -0.15) is 0 Å². The van der Waals surface area contributed by atoms with Gasteiger partial charge in [0.2, 0.25) is 5.90 Å². The summed E-state index contributed by atoms with van der Waals surface area (Å²) >= 11 is 0. The molecule has 0 aliphatic heterocycles. The zero-order valence-corrected chi connectivity index (χ0v) is 30.8. The molecule has 2 unspecified atom stereocenters. The monoisotopic (exact) mass is 686 g/mol. The largest absolute Gasteiger partial charge is 0.496 e. The minimum Gasteiger partial charge on any atom is -0.496 e. The standard InChI is InChI=1S/C47H46N2O3/c1-33-27-28-36(31-40(33)43(34-19-11-7-12-20-34)45(51-5)48-38-23-15-9-16-24-38)47(2,3)37-29-30-42(50-4)41(32-37)44(35-21-13-8-14-22-35)46(52-6)49-39-25-17-10-18-26-39/h7-32,43-44H,1-6H3/b48-45-,49-46-. The van der Waals surface area contributed by atoms with Gasteiger partial charge in [-0.3, -0.25) is 0 Å². The minimum atomic E-state index is -0.403. The summed E-state index contributed by atoms with van der Waals surface area (Å²) in [5, 5.41) is 0. The normalized spacial score (nSPS) is 13.3. The van der Waals surface area contributed by atoms with Crippen LogP contribution in [0, 0.1) is 6.92 Å². The number of rotatable bonds is 11. The van der Waals surface area contributed by atoms with Crippen molar-refractivity contribution in [3.63, 3.8) is 0 Å². The third-order valence-electron chi connectivity index (χ3n) is 9.74. The second-order valence-corrected chi connectivity index (χ2v) is 13.3. The summed E-state index contributed by atoms with van der Waals surface area (Å²) < 4.78 is 18.2. The highest BCUT2D eigenvalue weighted by atomic mass is 16.5. The van der Waals surface area contributed by atoms with Crippen LogP contribution in [0.4, 0.5) is 11.4 Å². The highest BCUT2D eigenvalue weighted by Gasteiger charge is 2.31. The summed E-state index contributed by atoms with van der Waals surface area (Å²) in [5.74, 6) is 1.46. The smallest absolute Gasteiger partial charge is 0.200 e. The van der Waals surface area contributed by atoms with Crippen LogP contribution in [0.3, 0.4) is 0 Å². The summed E-state index contributed by atoms with van der Waals surface area (Å²) in [6, 6.07) is 53.9. The molecular formula is C47H46N2O3. The molecule has 5 nitrogen and oxygen atoms in total. The summed E-state index contributed by atoms with van der Waals surface area (Å²) in [6.07, 6.45) is 0. The van der Waals surface area contributed by atoms with Crippen molar-refractivity contribution in [2.24, 2.45) is 9.98 Å². The van der Waals surface area contributed by atoms with Crippen molar-refractivity contribution in [1.82, 2.24) is 0 Å². The number of aliphatic imine (C=N–C) groups is 2. The maximum Gasteiger partial charge on any atom is 0.200 e. The van der Waals surface area contributed by atoms with Crippen LogP contribution in [0.2, 0.25) is 0 Å². The zero-order valence-electron chi connectivity index (χ0n) is 30.8. The molecule has 0 aliphatic rings. The third-order valence-corrected chi connectivity index (χ3v) is 9.74. The Morgan fingerprint density at radius 2 is 0.904 bits per heavy atom. The SMILES string of the molecule is CO/C(=N\c1ccccc1)C(c1ccccc1)c1cc(C(C)(C)c2ccc(OC)c(C(/C(=N/c3ccccc3)OC)c3ccccc3)c2)ccc1C. The van der Waals surface area contributed by atoms with E-state index in [0.717, 1.165) is 50.5 Å². The molecule has 0 saturated carbocycles. The topological polar surface area (TPSA) is 52.4 Å². The lowest BCUT2D eigenvalue weighted by Crippen LogP contribution is -2.23. The average molecular weight is 687 g/mol. The molecule has 0 heterocycles. The molecule has 0 aromatic heterocycles. The van der Waals surface area contributed by atoms with E-state index in [4.69, 9.17) is 24.2 Å². The van der Waals surface area contributed by atoms with E-state index in [-0.39, 0.29) is 11.8 Å². The lowest BCUT2D eigenvalue weighted by Gasteiger charge is -2.30. The molecule has 0 N–H and O–H groups in total. The van der Waals surface area contributed by atoms with Gasteiger partial charge in [-0.05, 0) is 70.6 Å². The molecule has 0 amide bonds. The van der Waals surface area contributed by atoms with Gasteiger partial charge in [-0.1, -0.05) is 141 Å². The molecule has 262 valence electrons. The Balaban J connectivity index is 1.49. The molecule has 6 aromatic rings. The molecule has 52 heavy (non-hydrogen) atoms. The first-order valence-electron chi connectivity index (χ1n) is 17.6. The van der Waals surface area contributed by atoms with E-state index in [2.05, 4.69) is 93.6 Å². The van der Waals surface area contributed by atoms with E-state index in [9.17, 15) is 0 Å². The molecule has 0 aliphatic carbocycles. The van der Waals surface area contributed by atoms with E-state index in [1.54, 1.807) is 21.3 Å². The van der Waals surface area contributed by atoms with Crippen molar-refractivity contribution in [1.29, 1.82) is 0 Å². The van der Waals surface area contributed by atoms with Gasteiger partial charge in [0.05, 0.1) is 44.5 Å². The van der Waals surface area contributed by atoms with E-state index in [0.29, 0.717) is 11.8 Å². The number of aryl methyl sites for hydroxylation is 1. The first-order valence-corrected chi connectivity index (χ1v) is 17.6. The first kappa shape index (κ1) is 35.9. The summed E-state index contributed by atoms with van der Waals surface area (Å²) in [5.41, 5.74) is 9.01. The van der Waals surface area contributed by atoms with Crippen LogP contribution in [0.1, 0.15) is 64.6 Å². The Bertz CT molecular complexity index is 2130. The Morgan fingerprint density at radius 3 is 1.35 bits per heavy atom. The third kappa shape index (κ3) is 7.84. The molecule has 0 spiro atoms. The van der Waals surface area contributed by atoms with Gasteiger partial charge in [0, 0.05) is 11.0 Å². The molecule has 6 rings (SSSR count). The predicted molar refractivity (Wildman–Crippen MR) is 214 cm³/mol. The second-order valence-electron chi connectivity index (χ2n) is 13.3. The number of hydrogen-bond donors (Lipinski definition) is 0. The van der Waals surface area contributed by atoms with Crippen molar-refractivity contribution in [3.05, 3.63) is 197 Å². The van der Waals surface area contributed by atoms with Crippen LogP contribution in [-0.4, -0.2) is 33.1 Å². The molecule has 5 heteroatoms. The zero-order chi connectivity index (χ0) is 36.5. The quantitative estimate of drug-likeness (QED) is 0.101. The second kappa shape index (κ2) is 16.4. The molecule has 0 radical (unpaired) electrons. The number of nitrogens with zero attached hydrogens (tertiary/aromatic N) is 2. The Hall–Kier alpha value is -5.94. The Morgan fingerprint density at radius 1 is 0.500 bits per heavy atom. The van der Waals surface area contributed by atoms with E-state index in [1.807, 2.05) is 84.9 Å². The van der Waals surface area contributed by atoms with Crippen molar-refractivity contribution in [3.8, 4) is 5.75 Å². The Labute approximate surface area is 308 Å². The number of hydrogen-bond acceptors (Lipinski definition) is 5. The van der Waals surface area contributed by atoms with Crippen LogP contribution in [-0.2, 0) is 14.9 Å². The number of methoxy groups -OCH3 is 3. The van der Waals surface area contributed by atoms with Crippen LogP contribution in [0.25, 0.3) is 0 Å². The fraction of sp³-hybridized carbons (Fsp3) is 0.191. The molecule has 0 saturated heterocycles. The number of benzene rings is 6. The van der Waals surface area contributed by atoms with Crippen molar-refractivity contribution in [2.45, 2.75) is 38.0 Å². The van der Waals surface area contributed by atoms with Gasteiger partial charge in [-0.15, -0.1) is 0 Å². The summed E-state index contributed by atoms with van der Waals surface area (Å²) in [6.45, 7) is 6.70. The van der Waals surface area contributed by atoms with Crippen LogP contribution in [0.5, 0.6) is 5.75 Å². The summed E-state index contributed by atoms with van der Waals surface area (Å²) in [7, 11) is 5.11. The minimum absolute atomic E-state index is 0.213. The maximum absolute atomic E-state index is 6.09. The van der Waals surface area contributed by atoms with Gasteiger partial charge in [0.1, 0.15) is 5.75 Å². The van der Waals surface area contributed by atoms with Crippen molar-refractivity contribution in [2.75, 3.05) is 21.3 Å². The van der Waals surface area contributed by atoms with Crippen LogP contribution in [0.15, 0.2) is 168 Å². The van der Waals surface area contributed by atoms with Crippen molar-refractivity contribution >= 4 is 23.2 Å². The predicted octanol–water partition coefficient (Wildman–Crippen LogP) is 11.3. The lowest BCUT2D eigenvalue weighted by molar-refractivity contribution is 0.381. The number of para-hydroxylation sites is 2. The average Bonchev–Trinajstić information content (AvgIpc) is 3.19. The first-order chi connectivity index (χ1) is 25.3. The van der Waals surface area contributed by atoms with Gasteiger partial charge in [0.25, 0.3) is 0 Å². The fourth-order valence-electron chi connectivity index (χ4n) is 6.77. The molecule has 2 atom stereocenters. The van der Waals surface area contributed by atoms with Crippen LogP contribution >= 0.6 is 0 Å². The fourth-order valence-corrected chi connectivity index (χ4v) is 6.77. The van der Waals surface area contributed by atoms with Gasteiger partial charge >= 0.3 is 0 Å². The number of ether oxygens (including phenoxy) is 3. The van der Waals surface area contributed by atoms with E-state index in [1.165, 1.54) is 5.56 Å². The molecule has 0 fully saturated rings. The maximum atomic E-state index is 6.09. The van der Waals surface area contributed by atoms with Crippen LogP contribution < -0.4 is 4.74 Å². The van der Waals surface area contributed by atoms with Crippen molar-refractivity contribution < 1.29 is 14.2 Å². The van der Waals surface area contributed by atoms with E-state index < -0.39 is 5.41 Å². The van der Waals surface area contributed by atoms with Gasteiger partial charge in [-0.25, -0.2) is 9.98 Å². The van der Waals surface area contributed by atoms with Gasteiger partial charge in [0.15, 0.2) is 5.90 Å². The highest BCUT2D eigenvalue weighted by molar-refractivity contribution is 5.91. The van der Waals surface area contributed by atoms with Gasteiger partial charge < -0.3 is 14.2 Å².